The number of aromatic nitrogens is 3. The normalized spacial score (nSPS) is 10.7. The Labute approximate surface area is 167 Å². The molecular weight excluding hydrogens is 366 g/mol. The number of anilines is 2. The summed E-state index contributed by atoms with van der Waals surface area (Å²) >= 11 is 0. The molecule has 7 nitrogen and oxygen atoms in total. The Kier molecular flexibility index (Phi) is 5.03. The number of aryl methyl sites for hydroxylation is 1. The molecule has 0 unspecified atom stereocenters. The number of benzene rings is 2. The molecule has 0 fully saturated rings. The van der Waals surface area contributed by atoms with E-state index in [4.69, 9.17) is 10.5 Å². The molecule has 3 N–H and O–H groups in total. The maximum Gasteiger partial charge on any atom is 0.256 e. The second-order valence-electron chi connectivity index (χ2n) is 6.47. The van der Waals surface area contributed by atoms with E-state index < -0.39 is 0 Å². The SMILES string of the molecule is CCc1ccnc(NC(=O)c2ccc(Oc3cnnc4ccc(N)cc34)cc2)c1. The molecule has 144 valence electrons. The lowest BCUT2D eigenvalue weighted by Crippen LogP contribution is -2.12. The van der Waals surface area contributed by atoms with E-state index >= 15 is 0 Å². The van der Waals surface area contributed by atoms with E-state index in [2.05, 4.69) is 27.4 Å². The van der Waals surface area contributed by atoms with Crippen molar-refractivity contribution in [3.63, 3.8) is 0 Å². The third kappa shape index (κ3) is 4.14. The summed E-state index contributed by atoms with van der Waals surface area (Å²) in [6.45, 7) is 2.05. The number of carbonyl (C=O) groups is 1. The molecular formula is C22H19N5O2. The zero-order valence-corrected chi connectivity index (χ0v) is 15.8. The van der Waals surface area contributed by atoms with Crippen LogP contribution in [0.15, 0.2) is 67.0 Å². The lowest BCUT2D eigenvalue weighted by Gasteiger charge is -2.09. The molecule has 4 rings (SSSR count). The van der Waals surface area contributed by atoms with E-state index in [0.717, 1.165) is 17.4 Å². The molecule has 2 aromatic heterocycles. The fourth-order valence-corrected chi connectivity index (χ4v) is 2.88. The third-order valence-electron chi connectivity index (χ3n) is 4.45. The lowest BCUT2D eigenvalue weighted by molar-refractivity contribution is 0.102. The number of fused-ring (bicyclic) bond motifs is 1. The molecule has 4 aromatic rings. The maximum absolute atomic E-state index is 12.5. The van der Waals surface area contributed by atoms with Crippen LogP contribution in [0.2, 0.25) is 0 Å². The van der Waals surface area contributed by atoms with Crippen LogP contribution in [0.4, 0.5) is 11.5 Å². The molecule has 0 atom stereocenters. The minimum Gasteiger partial charge on any atom is -0.455 e. The second kappa shape index (κ2) is 7.93. The van der Waals surface area contributed by atoms with Gasteiger partial charge in [-0.15, -0.1) is 0 Å². The van der Waals surface area contributed by atoms with Crippen molar-refractivity contribution in [2.75, 3.05) is 11.1 Å². The molecule has 0 radical (unpaired) electrons. The van der Waals surface area contributed by atoms with E-state index in [-0.39, 0.29) is 5.91 Å². The van der Waals surface area contributed by atoms with Crippen molar-refractivity contribution in [3.05, 3.63) is 78.1 Å². The van der Waals surface area contributed by atoms with E-state index in [0.29, 0.717) is 34.1 Å². The highest BCUT2D eigenvalue weighted by Crippen LogP contribution is 2.29. The van der Waals surface area contributed by atoms with Gasteiger partial charge in [0.05, 0.1) is 11.7 Å². The first-order valence-electron chi connectivity index (χ1n) is 9.17. The van der Waals surface area contributed by atoms with Gasteiger partial charge in [-0.05, 0) is 66.6 Å². The van der Waals surface area contributed by atoms with Gasteiger partial charge in [0, 0.05) is 22.8 Å². The summed E-state index contributed by atoms with van der Waals surface area (Å²) in [4.78, 5) is 16.7. The summed E-state index contributed by atoms with van der Waals surface area (Å²) in [5.74, 6) is 1.41. The Bertz CT molecular complexity index is 1180. The van der Waals surface area contributed by atoms with Gasteiger partial charge in [-0.3, -0.25) is 4.79 Å². The van der Waals surface area contributed by atoms with Crippen LogP contribution in [0, 0.1) is 0 Å². The molecule has 0 spiro atoms. The van der Waals surface area contributed by atoms with Crippen molar-refractivity contribution >= 4 is 28.3 Å². The molecule has 2 aromatic carbocycles. The standard InChI is InChI=1S/C22H19N5O2/c1-2-14-9-10-24-21(11-14)26-22(28)15-3-6-17(7-4-15)29-20-13-25-27-19-8-5-16(23)12-18(19)20/h3-13H,2,23H2,1H3,(H,24,26,28). The van der Waals surface area contributed by atoms with Crippen molar-refractivity contribution in [3.8, 4) is 11.5 Å². The van der Waals surface area contributed by atoms with E-state index in [1.807, 2.05) is 12.1 Å². The molecule has 29 heavy (non-hydrogen) atoms. The first kappa shape index (κ1) is 18.4. The van der Waals surface area contributed by atoms with E-state index in [1.165, 1.54) is 6.20 Å². The Morgan fingerprint density at radius 3 is 2.72 bits per heavy atom. The maximum atomic E-state index is 12.5. The summed E-state index contributed by atoms with van der Waals surface area (Å²) in [6.07, 6.45) is 4.10. The average Bonchev–Trinajstić information content (AvgIpc) is 2.75. The van der Waals surface area contributed by atoms with Gasteiger partial charge in [-0.2, -0.15) is 10.2 Å². The first-order chi connectivity index (χ1) is 14.1. The predicted molar refractivity (Wildman–Crippen MR) is 112 cm³/mol. The molecule has 7 heteroatoms. The van der Waals surface area contributed by atoms with Gasteiger partial charge >= 0.3 is 0 Å². The first-order valence-corrected chi connectivity index (χ1v) is 9.17. The van der Waals surface area contributed by atoms with E-state index in [1.54, 1.807) is 48.7 Å². The summed E-state index contributed by atoms with van der Waals surface area (Å²) in [6, 6.07) is 16.0. The molecule has 1 amide bonds. The van der Waals surface area contributed by atoms with Gasteiger partial charge in [-0.1, -0.05) is 6.92 Å². The van der Waals surface area contributed by atoms with Crippen molar-refractivity contribution in [1.82, 2.24) is 15.2 Å². The predicted octanol–water partition coefficient (Wildman–Crippen LogP) is 4.21. The second-order valence-corrected chi connectivity index (χ2v) is 6.47. The summed E-state index contributed by atoms with van der Waals surface area (Å²) in [5, 5.41) is 11.6. The van der Waals surface area contributed by atoms with Crippen molar-refractivity contribution in [2.24, 2.45) is 0 Å². The number of ether oxygens (including phenoxy) is 1. The number of rotatable bonds is 5. The van der Waals surface area contributed by atoms with Crippen LogP contribution >= 0.6 is 0 Å². The van der Waals surface area contributed by atoms with Crippen LogP contribution in [-0.4, -0.2) is 21.1 Å². The minimum absolute atomic E-state index is 0.235. The van der Waals surface area contributed by atoms with Gasteiger partial charge in [0.2, 0.25) is 0 Å². The Balaban J connectivity index is 1.51. The van der Waals surface area contributed by atoms with Crippen LogP contribution in [-0.2, 0) is 6.42 Å². The van der Waals surface area contributed by atoms with Crippen molar-refractivity contribution < 1.29 is 9.53 Å². The lowest BCUT2D eigenvalue weighted by atomic mass is 10.2. The average molecular weight is 385 g/mol. The number of hydrogen-bond donors (Lipinski definition) is 2. The van der Waals surface area contributed by atoms with Crippen LogP contribution in [0.3, 0.4) is 0 Å². The van der Waals surface area contributed by atoms with Gasteiger partial charge in [0.1, 0.15) is 11.6 Å². The highest BCUT2D eigenvalue weighted by atomic mass is 16.5. The van der Waals surface area contributed by atoms with Gasteiger partial charge in [0.25, 0.3) is 5.91 Å². The highest BCUT2D eigenvalue weighted by molar-refractivity contribution is 6.03. The van der Waals surface area contributed by atoms with E-state index in [9.17, 15) is 4.79 Å². The number of nitrogen functional groups attached to an aromatic ring is 1. The molecule has 0 aliphatic carbocycles. The number of hydrogen-bond acceptors (Lipinski definition) is 6. The number of amides is 1. The Morgan fingerprint density at radius 2 is 1.93 bits per heavy atom. The number of nitrogens with one attached hydrogen (secondary N) is 1. The summed E-state index contributed by atoms with van der Waals surface area (Å²) in [7, 11) is 0. The topological polar surface area (TPSA) is 103 Å². The smallest absolute Gasteiger partial charge is 0.256 e. The van der Waals surface area contributed by atoms with Crippen LogP contribution < -0.4 is 15.8 Å². The molecule has 0 aliphatic rings. The van der Waals surface area contributed by atoms with Crippen LogP contribution in [0.5, 0.6) is 11.5 Å². The molecule has 0 saturated carbocycles. The summed E-state index contributed by atoms with van der Waals surface area (Å²) in [5.41, 5.74) is 8.78. The van der Waals surface area contributed by atoms with Crippen molar-refractivity contribution in [1.29, 1.82) is 0 Å². The Morgan fingerprint density at radius 1 is 1.10 bits per heavy atom. The van der Waals surface area contributed by atoms with Crippen LogP contribution in [0.25, 0.3) is 10.9 Å². The van der Waals surface area contributed by atoms with Crippen molar-refractivity contribution in [2.45, 2.75) is 13.3 Å². The monoisotopic (exact) mass is 385 g/mol. The zero-order chi connectivity index (χ0) is 20.2. The molecule has 2 heterocycles. The third-order valence-corrected chi connectivity index (χ3v) is 4.45. The zero-order valence-electron chi connectivity index (χ0n) is 15.8. The number of nitrogens with zero attached hydrogens (tertiary/aromatic N) is 3. The minimum atomic E-state index is -0.235. The molecule has 0 saturated heterocycles. The summed E-state index contributed by atoms with van der Waals surface area (Å²) < 4.78 is 5.93. The highest BCUT2D eigenvalue weighted by Gasteiger charge is 2.10. The van der Waals surface area contributed by atoms with Crippen LogP contribution in [0.1, 0.15) is 22.8 Å². The fraction of sp³-hybridized carbons (Fsp3) is 0.0909. The molecule has 0 aliphatic heterocycles. The molecule has 0 bridgehead atoms. The quantitative estimate of drug-likeness (QED) is 0.499. The number of nitrogens with two attached hydrogens (primary N) is 1. The Hall–Kier alpha value is -4.00. The van der Waals surface area contributed by atoms with Gasteiger partial charge in [-0.25, -0.2) is 4.98 Å². The van der Waals surface area contributed by atoms with Gasteiger partial charge < -0.3 is 15.8 Å². The number of carbonyl (C=O) groups excluding carboxylic acids is 1. The van der Waals surface area contributed by atoms with Gasteiger partial charge in [0.15, 0.2) is 5.75 Å². The number of pyridine rings is 1. The fourth-order valence-electron chi connectivity index (χ4n) is 2.88. The largest absolute Gasteiger partial charge is 0.455 e.